The highest BCUT2D eigenvalue weighted by Crippen LogP contribution is 2.28. The Bertz CT molecular complexity index is 654. The van der Waals surface area contributed by atoms with Crippen LogP contribution in [0.5, 0.6) is 5.75 Å². The highest BCUT2D eigenvalue weighted by atomic mass is 32.2. The summed E-state index contributed by atoms with van der Waals surface area (Å²) in [4.78, 5) is 0.0432. The van der Waals surface area contributed by atoms with Crippen molar-refractivity contribution >= 4 is 10.0 Å². The fourth-order valence-corrected chi connectivity index (χ4v) is 3.73. The molecule has 0 spiro atoms. The molecule has 2 rings (SSSR count). The quantitative estimate of drug-likeness (QED) is 0.833. The van der Waals surface area contributed by atoms with Crippen LogP contribution in [0.1, 0.15) is 5.56 Å². The molecular weight excluding hydrogens is 294 g/mol. The molecule has 0 aliphatic carbocycles. The van der Waals surface area contributed by atoms with Gasteiger partial charge in [-0.05, 0) is 18.2 Å². The fraction of sp³-hybridized carbons (Fsp3) is 0.462. The Hall–Kier alpha value is -1.66. The Morgan fingerprint density at radius 1 is 1.57 bits per heavy atom. The molecule has 0 aromatic heterocycles. The maximum absolute atomic E-state index is 12.7. The maximum Gasteiger partial charge on any atom is 0.246 e. The van der Waals surface area contributed by atoms with Crippen LogP contribution in [0.2, 0.25) is 0 Å². The van der Waals surface area contributed by atoms with Gasteiger partial charge in [0.2, 0.25) is 10.0 Å². The van der Waals surface area contributed by atoms with Crippen LogP contribution in [0.15, 0.2) is 23.1 Å². The van der Waals surface area contributed by atoms with Gasteiger partial charge in [0, 0.05) is 19.6 Å². The van der Waals surface area contributed by atoms with Gasteiger partial charge >= 0.3 is 0 Å². The van der Waals surface area contributed by atoms with Crippen LogP contribution in [0.3, 0.4) is 0 Å². The molecule has 1 saturated heterocycles. The number of methoxy groups -OCH3 is 1. The van der Waals surface area contributed by atoms with Crippen LogP contribution in [-0.4, -0.2) is 52.2 Å². The summed E-state index contributed by atoms with van der Waals surface area (Å²) in [6, 6.07) is 6.20. The predicted molar refractivity (Wildman–Crippen MR) is 75.3 cm³/mol. The van der Waals surface area contributed by atoms with E-state index < -0.39 is 10.0 Å². The summed E-state index contributed by atoms with van der Waals surface area (Å²) >= 11 is 0. The third kappa shape index (κ3) is 3.16. The van der Waals surface area contributed by atoms with E-state index in [1.807, 2.05) is 6.07 Å². The molecule has 21 heavy (non-hydrogen) atoms. The van der Waals surface area contributed by atoms with Crippen LogP contribution < -0.4 is 10.5 Å². The first kappa shape index (κ1) is 15.7. The molecule has 8 heteroatoms. The molecule has 0 radical (unpaired) electrons. The van der Waals surface area contributed by atoms with Crippen LogP contribution in [0, 0.1) is 11.3 Å². The number of nitrogens with zero attached hydrogens (tertiary/aromatic N) is 2. The summed E-state index contributed by atoms with van der Waals surface area (Å²) < 4.78 is 37.2. The van der Waals surface area contributed by atoms with Gasteiger partial charge in [0.1, 0.15) is 10.6 Å². The second kappa shape index (κ2) is 6.41. The molecule has 1 aromatic carbocycles. The van der Waals surface area contributed by atoms with Crippen molar-refractivity contribution < 1.29 is 17.9 Å². The number of nitriles is 1. The van der Waals surface area contributed by atoms with Crippen molar-refractivity contribution in [2.45, 2.75) is 11.0 Å². The van der Waals surface area contributed by atoms with Crippen molar-refractivity contribution in [2.75, 3.05) is 33.4 Å². The molecule has 2 N–H and O–H groups in total. The van der Waals surface area contributed by atoms with E-state index in [-0.39, 0.29) is 36.4 Å². The highest BCUT2D eigenvalue weighted by Gasteiger charge is 2.32. The molecule has 1 aliphatic heterocycles. The predicted octanol–water partition coefficient (Wildman–Crippen LogP) is -0.0849. The third-order valence-electron chi connectivity index (χ3n) is 3.27. The first-order chi connectivity index (χ1) is 10.0. The lowest BCUT2D eigenvalue weighted by Crippen LogP contribution is -2.48. The van der Waals surface area contributed by atoms with Crippen molar-refractivity contribution in [1.29, 1.82) is 5.26 Å². The second-order valence-corrected chi connectivity index (χ2v) is 6.48. The van der Waals surface area contributed by atoms with E-state index in [2.05, 4.69) is 0 Å². The summed E-state index contributed by atoms with van der Waals surface area (Å²) in [5.41, 5.74) is 5.87. The van der Waals surface area contributed by atoms with Gasteiger partial charge in [-0.25, -0.2) is 8.42 Å². The summed E-state index contributed by atoms with van der Waals surface area (Å²) in [6.45, 7) is 1.04. The Balaban J connectivity index is 2.37. The van der Waals surface area contributed by atoms with Gasteiger partial charge in [-0.15, -0.1) is 0 Å². The van der Waals surface area contributed by atoms with E-state index in [1.54, 1.807) is 0 Å². The SMILES string of the molecule is COc1cc(C#N)ccc1S(=O)(=O)N1CCOC(CN)C1. The average Bonchev–Trinajstić information content (AvgIpc) is 2.54. The largest absolute Gasteiger partial charge is 0.495 e. The first-order valence-corrected chi connectivity index (χ1v) is 7.87. The summed E-state index contributed by atoms with van der Waals surface area (Å²) in [7, 11) is -2.34. The second-order valence-electron chi connectivity index (χ2n) is 4.57. The Kier molecular flexibility index (Phi) is 4.80. The van der Waals surface area contributed by atoms with E-state index in [0.717, 1.165) is 0 Å². The summed E-state index contributed by atoms with van der Waals surface area (Å²) in [5, 5.41) is 8.87. The summed E-state index contributed by atoms with van der Waals surface area (Å²) in [6.07, 6.45) is -0.307. The van der Waals surface area contributed by atoms with Crippen LogP contribution in [0.4, 0.5) is 0 Å². The molecule has 7 nitrogen and oxygen atoms in total. The minimum Gasteiger partial charge on any atom is -0.495 e. The van der Waals surface area contributed by atoms with Gasteiger partial charge in [-0.3, -0.25) is 0 Å². The summed E-state index contributed by atoms with van der Waals surface area (Å²) in [5.74, 6) is 0.157. The number of rotatable bonds is 4. The van der Waals surface area contributed by atoms with Crippen molar-refractivity contribution in [3.8, 4) is 11.8 Å². The van der Waals surface area contributed by atoms with E-state index in [1.165, 1.54) is 29.6 Å². The monoisotopic (exact) mass is 311 g/mol. The first-order valence-electron chi connectivity index (χ1n) is 6.43. The number of ether oxygens (including phenoxy) is 2. The van der Waals surface area contributed by atoms with Crippen LogP contribution in [0.25, 0.3) is 0 Å². The van der Waals surface area contributed by atoms with Crippen molar-refractivity contribution in [2.24, 2.45) is 5.73 Å². The molecule has 0 bridgehead atoms. The zero-order chi connectivity index (χ0) is 15.5. The van der Waals surface area contributed by atoms with E-state index in [9.17, 15) is 8.42 Å². The van der Waals surface area contributed by atoms with Crippen molar-refractivity contribution in [3.05, 3.63) is 23.8 Å². The standard InChI is InChI=1S/C13H17N3O4S/c1-19-12-6-10(7-14)2-3-13(12)21(17,18)16-4-5-20-11(8-15)9-16/h2-3,6,11H,4-5,8-9,15H2,1H3. The molecule has 114 valence electrons. The number of hydrogen-bond donors (Lipinski definition) is 1. The minimum atomic E-state index is -3.71. The molecule has 1 aromatic rings. The zero-order valence-electron chi connectivity index (χ0n) is 11.7. The topological polar surface area (TPSA) is 106 Å². The number of benzene rings is 1. The average molecular weight is 311 g/mol. The van der Waals surface area contributed by atoms with E-state index >= 15 is 0 Å². The van der Waals surface area contributed by atoms with Gasteiger partial charge < -0.3 is 15.2 Å². The number of sulfonamides is 1. The number of morpholine rings is 1. The smallest absolute Gasteiger partial charge is 0.246 e. The lowest BCUT2D eigenvalue weighted by Gasteiger charge is -2.31. The lowest BCUT2D eigenvalue weighted by atomic mass is 10.2. The highest BCUT2D eigenvalue weighted by molar-refractivity contribution is 7.89. The normalized spacial score (nSPS) is 20.0. The van der Waals surface area contributed by atoms with Crippen molar-refractivity contribution in [3.63, 3.8) is 0 Å². The minimum absolute atomic E-state index is 0.0432. The van der Waals surface area contributed by atoms with Gasteiger partial charge in [-0.2, -0.15) is 9.57 Å². The molecule has 1 aliphatic rings. The number of hydrogen-bond acceptors (Lipinski definition) is 6. The van der Waals surface area contributed by atoms with Crippen molar-refractivity contribution in [1.82, 2.24) is 4.31 Å². The van der Waals surface area contributed by atoms with E-state index in [4.69, 9.17) is 20.5 Å². The maximum atomic E-state index is 12.7. The fourth-order valence-electron chi connectivity index (χ4n) is 2.14. The zero-order valence-corrected chi connectivity index (χ0v) is 12.5. The Morgan fingerprint density at radius 2 is 2.33 bits per heavy atom. The van der Waals surface area contributed by atoms with E-state index in [0.29, 0.717) is 12.2 Å². The molecule has 1 atom stereocenters. The van der Waals surface area contributed by atoms with Gasteiger partial charge in [-0.1, -0.05) is 0 Å². The van der Waals surface area contributed by atoms with Crippen LogP contribution in [-0.2, 0) is 14.8 Å². The van der Waals surface area contributed by atoms with Crippen LogP contribution >= 0.6 is 0 Å². The Morgan fingerprint density at radius 3 is 2.95 bits per heavy atom. The van der Waals surface area contributed by atoms with Gasteiger partial charge in [0.15, 0.2) is 0 Å². The van der Waals surface area contributed by atoms with Gasteiger partial charge in [0.25, 0.3) is 0 Å². The molecule has 0 saturated carbocycles. The molecule has 1 heterocycles. The molecule has 1 unspecified atom stereocenters. The lowest BCUT2D eigenvalue weighted by molar-refractivity contribution is 0.00447. The van der Waals surface area contributed by atoms with Gasteiger partial charge in [0.05, 0.1) is 31.5 Å². The third-order valence-corrected chi connectivity index (χ3v) is 5.18. The Labute approximate surface area is 123 Å². The number of nitrogens with two attached hydrogens (primary N) is 1. The molecular formula is C13H17N3O4S. The molecule has 0 amide bonds. The molecule has 1 fully saturated rings.